The zero-order valence-electron chi connectivity index (χ0n) is 17.4. The molecular weight excluding hydrogens is 372 g/mol. The molecule has 1 aliphatic heterocycles. The van der Waals surface area contributed by atoms with Crippen molar-refractivity contribution in [3.8, 4) is 0 Å². The van der Waals surface area contributed by atoms with Crippen LogP contribution in [-0.2, 0) is 10.0 Å². The lowest BCUT2D eigenvalue weighted by atomic mass is 9.94. The highest BCUT2D eigenvalue weighted by Crippen LogP contribution is 2.28. The summed E-state index contributed by atoms with van der Waals surface area (Å²) in [7, 11) is -1.72. The normalized spacial score (nSPS) is 25.2. The Hall–Kier alpha value is -1.40. The summed E-state index contributed by atoms with van der Waals surface area (Å²) in [6.07, 6.45) is 7.90. The van der Waals surface area contributed by atoms with Crippen molar-refractivity contribution >= 4 is 15.9 Å². The zero-order chi connectivity index (χ0) is 20.3. The molecule has 1 saturated heterocycles. The van der Waals surface area contributed by atoms with Crippen molar-refractivity contribution in [2.24, 2.45) is 11.8 Å². The first kappa shape index (κ1) is 21.3. The van der Waals surface area contributed by atoms with E-state index in [1.807, 2.05) is 11.9 Å². The molecule has 0 radical (unpaired) electrons. The fourth-order valence-corrected chi connectivity index (χ4v) is 6.48. The molecule has 2 atom stereocenters. The molecule has 0 aromatic heterocycles. The van der Waals surface area contributed by atoms with Gasteiger partial charge >= 0.3 is 0 Å². The lowest BCUT2D eigenvalue weighted by Gasteiger charge is -2.34. The Kier molecular flexibility index (Phi) is 6.81. The van der Waals surface area contributed by atoms with Gasteiger partial charge in [0.15, 0.2) is 0 Å². The predicted octanol–water partition coefficient (Wildman–Crippen LogP) is 4.15. The van der Waals surface area contributed by atoms with Crippen LogP contribution in [0.15, 0.2) is 29.2 Å². The van der Waals surface area contributed by atoms with Crippen molar-refractivity contribution in [3.63, 3.8) is 0 Å². The average molecular weight is 407 g/mol. The van der Waals surface area contributed by atoms with Gasteiger partial charge in [0.05, 0.1) is 4.90 Å². The Bertz CT molecular complexity index is 775. The highest BCUT2D eigenvalue weighted by Gasteiger charge is 2.32. The fourth-order valence-electron chi connectivity index (χ4n) is 4.76. The Morgan fingerprint density at radius 1 is 1.04 bits per heavy atom. The molecule has 0 bridgehead atoms. The summed E-state index contributed by atoms with van der Waals surface area (Å²) in [6.45, 7) is 5.29. The molecule has 5 nitrogen and oxygen atoms in total. The number of sulfonamides is 1. The maximum absolute atomic E-state index is 13.2. The second-order valence-corrected chi connectivity index (χ2v) is 10.8. The van der Waals surface area contributed by atoms with Crippen LogP contribution in [0.5, 0.6) is 0 Å². The maximum Gasteiger partial charge on any atom is 0.253 e. The van der Waals surface area contributed by atoms with E-state index in [4.69, 9.17) is 0 Å². The van der Waals surface area contributed by atoms with Crippen LogP contribution in [0.3, 0.4) is 0 Å². The Morgan fingerprint density at radius 3 is 2.25 bits per heavy atom. The molecule has 1 heterocycles. The van der Waals surface area contributed by atoms with Gasteiger partial charge in [0.2, 0.25) is 10.0 Å². The van der Waals surface area contributed by atoms with Crippen LogP contribution in [0.4, 0.5) is 0 Å². The number of rotatable bonds is 4. The molecule has 156 valence electrons. The summed E-state index contributed by atoms with van der Waals surface area (Å²) in [5, 5.41) is 0. The predicted molar refractivity (Wildman–Crippen MR) is 112 cm³/mol. The third-order valence-corrected chi connectivity index (χ3v) is 8.07. The minimum atomic E-state index is -3.58. The van der Waals surface area contributed by atoms with Gasteiger partial charge in [0.1, 0.15) is 0 Å². The largest absolute Gasteiger partial charge is 0.339 e. The van der Waals surface area contributed by atoms with Gasteiger partial charge in [-0.1, -0.05) is 45.6 Å². The summed E-state index contributed by atoms with van der Waals surface area (Å²) in [4.78, 5) is 15.1. The molecule has 0 unspecified atom stereocenters. The average Bonchev–Trinajstić information content (AvgIpc) is 2.95. The molecule has 1 aliphatic carbocycles. The summed E-state index contributed by atoms with van der Waals surface area (Å²) < 4.78 is 27.9. The Morgan fingerprint density at radius 2 is 1.64 bits per heavy atom. The monoisotopic (exact) mass is 406 g/mol. The second kappa shape index (κ2) is 8.95. The number of nitrogens with zero attached hydrogens (tertiary/aromatic N) is 2. The van der Waals surface area contributed by atoms with Crippen molar-refractivity contribution in [2.45, 2.75) is 69.7 Å². The van der Waals surface area contributed by atoms with Crippen molar-refractivity contribution < 1.29 is 13.2 Å². The van der Waals surface area contributed by atoms with Gasteiger partial charge in [-0.2, -0.15) is 4.31 Å². The minimum Gasteiger partial charge on any atom is -0.339 e. The SMILES string of the molecule is C[C@H]1C[C@H](C)CN(S(=O)(=O)c2cccc(C(=O)N(C)C3CCCCCC3)c2)C1. The van der Waals surface area contributed by atoms with Gasteiger partial charge in [0.25, 0.3) is 5.91 Å². The molecule has 3 rings (SSSR count). The molecule has 0 spiro atoms. The second-order valence-electron chi connectivity index (χ2n) is 8.86. The third-order valence-electron chi connectivity index (χ3n) is 6.25. The number of carbonyl (C=O) groups excluding carboxylic acids is 1. The first-order valence-corrected chi connectivity index (χ1v) is 12.1. The molecule has 1 aromatic carbocycles. The standard InChI is InChI=1S/C22H34N2O3S/c1-17-13-18(2)16-24(15-17)28(26,27)21-12-8-9-19(14-21)22(25)23(3)20-10-6-4-5-7-11-20/h8-9,12,14,17-18,20H,4-7,10-11,13,15-16H2,1-3H3/t17-,18-/m0/s1. The Labute approximate surface area is 170 Å². The molecule has 2 aliphatic rings. The molecule has 1 saturated carbocycles. The van der Waals surface area contributed by atoms with Crippen molar-refractivity contribution in [2.75, 3.05) is 20.1 Å². The van der Waals surface area contributed by atoms with E-state index in [-0.39, 0.29) is 16.8 Å². The summed E-state index contributed by atoms with van der Waals surface area (Å²) in [5.41, 5.74) is 0.464. The van der Waals surface area contributed by atoms with E-state index < -0.39 is 10.0 Å². The van der Waals surface area contributed by atoms with Gasteiger partial charge < -0.3 is 4.90 Å². The number of amides is 1. The zero-order valence-corrected chi connectivity index (χ0v) is 18.2. The molecule has 1 amide bonds. The number of piperidine rings is 1. The first-order chi connectivity index (χ1) is 13.3. The van der Waals surface area contributed by atoms with Crippen LogP contribution in [-0.4, -0.2) is 49.7 Å². The third kappa shape index (κ3) is 4.77. The minimum absolute atomic E-state index is 0.0793. The molecule has 1 aromatic rings. The number of hydrogen-bond donors (Lipinski definition) is 0. The first-order valence-electron chi connectivity index (χ1n) is 10.7. The van der Waals surface area contributed by atoms with E-state index in [2.05, 4.69) is 13.8 Å². The van der Waals surface area contributed by atoms with Crippen LogP contribution in [0.25, 0.3) is 0 Å². The molecule has 2 fully saturated rings. The lowest BCUT2D eigenvalue weighted by molar-refractivity contribution is 0.0717. The van der Waals surface area contributed by atoms with Crippen LogP contribution >= 0.6 is 0 Å². The van der Waals surface area contributed by atoms with Crippen LogP contribution in [0, 0.1) is 11.8 Å². The molecule has 0 N–H and O–H groups in total. The van der Waals surface area contributed by atoms with Gasteiger partial charge in [-0.05, 0) is 49.3 Å². The number of hydrogen-bond acceptors (Lipinski definition) is 3. The smallest absolute Gasteiger partial charge is 0.253 e. The van der Waals surface area contributed by atoms with E-state index in [1.54, 1.807) is 28.6 Å². The molecular formula is C22H34N2O3S. The number of benzene rings is 1. The van der Waals surface area contributed by atoms with Crippen LogP contribution in [0.2, 0.25) is 0 Å². The summed E-state index contributed by atoms with van der Waals surface area (Å²) in [6, 6.07) is 6.85. The summed E-state index contributed by atoms with van der Waals surface area (Å²) >= 11 is 0. The highest BCUT2D eigenvalue weighted by molar-refractivity contribution is 7.89. The van der Waals surface area contributed by atoms with Gasteiger partial charge in [0, 0.05) is 31.7 Å². The topological polar surface area (TPSA) is 57.7 Å². The quantitative estimate of drug-likeness (QED) is 0.706. The summed E-state index contributed by atoms with van der Waals surface area (Å²) in [5.74, 6) is 0.624. The van der Waals surface area contributed by atoms with Gasteiger partial charge in [-0.3, -0.25) is 4.79 Å². The van der Waals surface area contributed by atoms with Gasteiger partial charge in [-0.15, -0.1) is 0 Å². The molecule has 6 heteroatoms. The lowest BCUT2D eigenvalue weighted by Crippen LogP contribution is -2.42. The van der Waals surface area contributed by atoms with E-state index >= 15 is 0 Å². The van der Waals surface area contributed by atoms with Crippen molar-refractivity contribution in [1.29, 1.82) is 0 Å². The van der Waals surface area contributed by atoms with E-state index in [9.17, 15) is 13.2 Å². The van der Waals surface area contributed by atoms with E-state index in [0.717, 1.165) is 32.1 Å². The van der Waals surface area contributed by atoms with Crippen LogP contribution < -0.4 is 0 Å². The fraction of sp³-hybridized carbons (Fsp3) is 0.682. The van der Waals surface area contributed by atoms with E-state index in [0.29, 0.717) is 30.5 Å². The van der Waals surface area contributed by atoms with Crippen LogP contribution in [0.1, 0.15) is 69.2 Å². The maximum atomic E-state index is 13.2. The van der Waals surface area contributed by atoms with E-state index in [1.165, 1.54) is 12.8 Å². The van der Waals surface area contributed by atoms with Gasteiger partial charge in [-0.25, -0.2) is 8.42 Å². The van der Waals surface area contributed by atoms with Crippen molar-refractivity contribution in [3.05, 3.63) is 29.8 Å². The number of carbonyl (C=O) groups is 1. The van der Waals surface area contributed by atoms with Crippen molar-refractivity contribution in [1.82, 2.24) is 9.21 Å². The molecule has 28 heavy (non-hydrogen) atoms. The Balaban J connectivity index is 1.80. The highest BCUT2D eigenvalue weighted by atomic mass is 32.2.